The van der Waals surface area contributed by atoms with Crippen LogP contribution in [0.25, 0.3) is 0 Å². The van der Waals surface area contributed by atoms with E-state index in [4.69, 9.17) is 11.0 Å². The normalized spacial score (nSPS) is 19.6. The standard InChI is InChI=1S/C12H14N4O/c1-8-12(17)15-4-5-16(8)11-3-2-9(7-13)6-10(11)14/h2-3,6,8H,4-5,14H2,1H3,(H,15,17). The zero-order valence-corrected chi connectivity index (χ0v) is 9.60. The van der Waals surface area contributed by atoms with E-state index in [1.165, 1.54) is 0 Å². The lowest BCUT2D eigenvalue weighted by molar-refractivity contribution is -0.122. The minimum atomic E-state index is -0.237. The first-order valence-electron chi connectivity index (χ1n) is 5.47. The molecule has 0 radical (unpaired) electrons. The summed E-state index contributed by atoms with van der Waals surface area (Å²) in [5, 5.41) is 11.6. The molecule has 1 aromatic carbocycles. The molecule has 0 saturated carbocycles. The molecule has 88 valence electrons. The maximum atomic E-state index is 11.6. The Labute approximate surface area is 99.8 Å². The van der Waals surface area contributed by atoms with Gasteiger partial charge in [0.2, 0.25) is 5.91 Å². The number of carbonyl (C=O) groups excluding carboxylic acids is 1. The van der Waals surface area contributed by atoms with Crippen LogP contribution < -0.4 is 16.0 Å². The number of rotatable bonds is 1. The number of hydrogen-bond acceptors (Lipinski definition) is 4. The molecule has 0 aromatic heterocycles. The van der Waals surface area contributed by atoms with Crippen LogP contribution in [0.4, 0.5) is 11.4 Å². The Kier molecular flexibility index (Phi) is 2.88. The quantitative estimate of drug-likeness (QED) is 0.687. The van der Waals surface area contributed by atoms with Gasteiger partial charge in [0, 0.05) is 13.1 Å². The van der Waals surface area contributed by atoms with Gasteiger partial charge < -0.3 is 16.0 Å². The highest BCUT2D eigenvalue weighted by Crippen LogP contribution is 2.26. The number of nitrogens with two attached hydrogens (primary N) is 1. The fourth-order valence-corrected chi connectivity index (χ4v) is 2.00. The summed E-state index contributed by atoms with van der Waals surface area (Å²) < 4.78 is 0. The number of nitrogen functional groups attached to an aromatic ring is 1. The number of carbonyl (C=O) groups is 1. The maximum Gasteiger partial charge on any atom is 0.242 e. The Balaban J connectivity index is 2.34. The number of anilines is 2. The molecule has 1 saturated heterocycles. The van der Waals surface area contributed by atoms with Crippen molar-refractivity contribution in [3.05, 3.63) is 23.8 Å². The van der Waals surface area contributed by atoms with Crippen LogP contribution >= 0.6 is 0 Å². The number of hydrogen-bond donors (Lipinski definition) is 2. The van der Waals surface area contributed by atoms with Crippen molar-refractivity contribution in [2.45, 2.75) is 13.0 Å². The second-order valence-corrected chi connectivity index (χ2v) is 4.05. The third-order valence-corrected chi connectivity index (χ3v) is 2.96. The maximum absolute atomic E-state index is 11.6. The van der Waals surface area contributed by atoms with E-state index in [1.807, 2.05) is 17.9 Å². The van der Waals surface area contributed by atoms with Crippen LogP contribution in [0.5, 0.6) is 0 Å². The Bertz CT molecular complexity index is 492. The van der Waals surface area contributed by atoms with E-state index in [1.54, 1.807) is 18.2 Å². The highest BCUT2D eigenvalue weighted by Gasteiger charge is 2.26. The molecule has 0 aliphatic carbocycles. The van der Waals surface area contributed by atoms with Gasteiger partial charge in [-0.3, -0.25) is 4.79 Å². The van der Waals surface area contributed by atoms with Crippen LogP contribution in [-0.4, -0.2) is 25.0 Å². The summed E-state index contributed by atoms with van der Waals surface area (Å²) in [5.41, 5.74) is 7.78. The largest absolute Gasteiger partial charge is 0.397 e. The van der Waals surface area contributed by atoms with Crippen LogP contribution in [0.3, 0.4) is 0 Å². The third kappa shape index (κ3) is 2.02. The molecular weight excluding hydrogens is 216 g/mol. The number of piperazine rings is 1. The number of nitrogens with one attached hydrogen (secondary N) is 1. The molecule has 2 rings (SSSR count). The average Bonchev–Trinajstić information content (AvgIpc) is 2.33. The zero-order valence-electron chi connectivity index (χ0n) is 9.60. The molecule has 1 unspecified atom stereocenters. The molecule has 17 heavy (non-hydrogen) atoms. The Morgan fingerprint density at radius 1 is 1.59 bits per heavy atom. The van der Waals surface area contributed by atoms with E-state index in [-0.39, 0.29) is 11.9 Å². The van der Waals surface area contributed by atoms with Gasteiger partial charge in [-0.25, -0.2) is 0 Å². The lowest BCUT2D eigenvalue weighted by Crippen LogP contribution is -2.54. The Morgan fingerprint density at radius 3 is 3.00 bits per heavy atom. The predicted molar refractivity (Wildman–Crippen MR) is 65.4 cm³/mol. The first kappa shape index (κ1) is 11.3. The van der Waals surface area contributed by atoms with E-state index in [2.05, 4.69) is 5.32 Å². The second kappa shape index (κ2) is 4.34. The van der Waals surface area contributed by atoms with Crippen LogP contribution in [0.1, 0.15) is 12.5 Å². The average molecular weight is 230 g/mol. The van der Waals surface area contributed by atoms with Gasteiger partial charge in [0.15, 0.2) is 0 Å². The van der Waals surface area contributed by atoms with Crippen LogP contribution in [0.15, 0.2) is 18.2 Å². The summed E-state index contributed by atoms with van der Waals surface area (Å²) in [6.07, 6.45) is 0. The summed E-state index contributed by atoms with van der Waals surface area (Å²) in [4.78, 5) is 13.5. The first-order valence-corrected chi connectivity index (χ1v) is 5.47. The van der Waals surface area contributed by atoms with Gasteiger partial charge in [0.1, 0.15) is 6.04 Å². The SMILES string of the molecule is CC1C(=O)NCCN1c1ccc(C#N)cc1N. The van der Waals surface area contributed by atoms with Gasteiger partial charge in [0.05, 0.1) is 23.0 Å². The fourth-order valence-electron chi connectivity index (χ4n) is 2.00. The van der Waals surface area contributed by atoms with Gasteiger partial charge in [-0.2, -0.15) is 5.26 Å². The number of amides is 1. The minimum Gasteiger partial charge on any atom is -0.397 e. The van der Waals surface area contributed by atoms with Crippen molar-refractivity contribution >= 4 is 17.3 Å². The zero-order chi connectivity index (χ0) is 12.4. The number of benzene rings is 1. The molecular formula is C12H14N4O. The molecule has 1 aliphatic heterocycles. The molecule has 1 heterocycles. The summed E-state index contributed by atoms with van der Waals surface area (Å²) in [6.45, 7) is 3.18. The van der Waals surface area contributed by atoms with Crippen molar-refractivity contribution in [3.8, 4) is 6.07 Å². The van der Waals surface area contributed by atoms with Crippen molar-refractivity contribution in [2.24, 2.45) is 0 Å². The first-order chi connectivity index (χ1) is 8.13. The highest BCUT2D eigenvalue weighted by atomic mass is 16.2. The topological polar surface area (TPSA) is 82.2 Å². The van der Waals surface area contributed by atoms with Gasteiger partial charge in [-0.05, 0) is 25.1 Å². The Morgan fingerprint density at radius 2 is 2.35 bits per heavy atom. The molecule has 1 aliphatic rings. The van der Waals surface area contributed by atoms with E-state index >= 15 is 0 Å². The van der Waals surface area contributed by atoms with E-state index in [0.29, 0.717) is 17.8 Å². The minimum absolute atomic E-state index is 0.00000900. The van der Waals surface area contributed by atoms with E-state index in [0.717, 1.165) is 12.2 Å². The van der Waals surface area contributed by atoms with Gasteiger partial charge in [-0.15, -0.1) is 0 Å². The molecule has 0 spiro atoms. The monoisotopic (exact) mass is 230 g/mol. The molecule has 0 bridgehead atoms. The lowest BCUT2D eigenvalue weighted by atomic mass is 10.1. The van der Waals surface area contributed by atoms with Gasteiger partial charge in [-0.1, -0.05) is 0 Å². The van der Waals surface area contributed by atoms with Crippen LogP contribution in [0, 0.1) is 11.3 Å². The molecule has 1 amide bonds. The van der Waals surface area contributed by atoms with Crippen molar-refractivity contribution in [1.82, 2.24) is 5.32 Å². The van der Waals surface area contributed by atoms with Gasteiger partial charge >= 0.3 is 0 Å². The van der Waals surface area contributed by atoms with Crippen LogP contribution in [0.2, 0.25) is 0 Å². The third-order valence-electron chi connectivity index (χ3n) is 2.96. The van der Waals surface area contributed by atoms with Crippen molar-refractivity contribution in [3.63, 3.8) is 0 Å². The second-order valence-electron chi connectivity index (χ2n) is 4.05. The summed E-state index contributed by atoms with van der Waals surface area (Å²) in [6, 6.07) is 6.94. The Hall–Kier alpha value is -2.22. The summed E-state index contributed by atoms with van der Waals surface area (Å²) >= 11 is 0. The summed E-state index contributed by atoms with van der Waals surface area (Å²) in [5.74, 6) is 0.00000900. The lowest BCUT2D eigenvalue weighted by Gasteiger charge is -2.35. The van der Waals surface area contributed by atoms with Gasteiger partial charge in [0.25, 0.3) is 0 Å². The van der Waals surface area contributed by atoms with E-state index in [9.17, 15) is 4.79 Å². The van der Waals surface area contributed by atoms with Crippen LogP contribution in [-0.2, 0) is 4.79 Å². The summed E-state index contributed by atoms with van der Waals surface area (Å²) in [7, 11) is 0. The fraction of sp³-hybridized carbons (Fsp3) is 0.333. The molecule has 3 N–H and O–H groups in total. The smallest absolute Gasteiger partial charge is 0.242 e. The molecule has 5 nitrogen and oxygen atoms in total. The predicted octanol–water partition coefficient (Wildman–Crippen LogP) is 0.465. The van der Waals surface area contributed by atoms with Crippen molar-refractivity contribution in [2.75, 3.05) is 23.7 Å². The van der Waals surface area contributed by atoms with E-state index < -0.39 is 0 Å². The molecule has 1 aromatic rings. The van der Waals surface area contributed by atoms with Crippen molar-refractivity contribution in [1.29, 1.82) is 5.26 Å². The number of nitriles is 1. The van der Waals surface area contributed by atoms with Crippen molar-refractivity contribution < 1.29 is 4.79 Å². The molecule has 5 heteroatoms. The molecule has 1 atom stereocenters. The molecule has 1 fully saturated rings. The highest BCUT2D eigenvalue weighted by molar-refractivity contribution is 5.87. The number of nitrogens with zero attached hydrogens (tertiary/aromatic N) is 2.